The van der Waals surface area contributed by atoms with Crippen molar-refractivity contribution in [2.24, 2.45) is 0 Å². The summed E-state index contributed by atoms with van der Waals surface area (Å²) in [5, 5.41) is 11.6. The summed E-state index contributed by atoms with van der Waals surface area (Å²) >= 11 is 2.06. The normalized spacial score (nSPS) is 21.2. The molecular weight excluding hydrogens is 220 g/mol. The highest BCUT2D eigenvalue weighted by atomic mass is 32.2. The Morgan fingerprint density at radius 2 is 2.56 bits per heavy atom. The van der Waals surface area contributed by atoms with Crippen molar-refractivity contribution >= 4 is 11.8 Å². The Bertz CT molecular complexity index is 307. The molecule has 1 atom stereocenters. The third kappa shape index (κ3) is 3.22. The molecule has 2 rings (SSSR count). The van der Waals surface area contributed by atoms with Crippen molar-refractivity contribution < 1.29 is 0 Å². The third-order valence-electron chi connectivity index (χ3n) is 2.96. The molecule has 0 amide bonds. The quantitative estimate of drug-likeness (QED) is 0.843. The van der Waals surface area contributed by atoms with Gasteiger partial charge in [0.05, 0.1) is 0 Å². The van der Waals surface area contributed by atoms with E-state index in [4.69, 9.17) is 0 Å². The van der Waals surface area contributed by atoms with Crippen LogP contribution in [0, 0.1) is 0 Å². The molecule has 2 heterocycles. The molecule has 0 radical (unpaired) electrons. The smallest absolute Gasteiger partial charge is 0.132 e. The van der Waals surface area contributed by atoms with Gasteiger partial charge in [-0.25, -0.2) is 0 Å². The van der Waals surface area contributed by atoms with Gasteiger partial charge in [-0.05, 0) is 18.6 Å². The molecule has 0 saturated carbocycles. The highest BCUT2D eigenvalue weighted by Gasteiger charge is 2.12. The molecule has 0 bridgehead atoms. The van der Waals surface area contributed by atoms with Crippen molar-refractivity contribution in [2.45, 2.75) is 38.8 Å². The first-order chi connectivity index (χ1) is 7.90. The zero-order chi connectivity index (χ0) is 11.2. The zero-order valence-electron chi connectivity index (χ0n) is 9.85. The molecule has 1 N–H and O–H groups in total. The summed E-state index contributed by atoms with van der Waals surface area (Å²) in [4.78, 5) is 0. The molecule has 0 aromatic carbocycles. The summed E-state index contributed by atoms with van der Waals surface area (Å²) in [5.41, 5.74) is 0. The number of aryl methyl sites for hydroxylation is 1. The van der Waals surface area contributed by atoms with Crippen molar-refractivity contribution in [1.82, 2.24) is 20.1 Å². The van der Waals surface area contributed by atoms with Gasteiger partial charge in [-0.1, -0.05) is 6.92 Å². The van der Waals surface area contributed by atoms with Crippen LogP contribution in [0.5, 0.6) is 0 Å². The maximum absolute atomic E-state index is 4.08. The molecule has 0 spiro atoms. The number of thioether (sulfide) groups is 1. The average Bonchev–Trinajstić information content (AvgIpc) is 2.78. The lowest BCUT2D eigenvalue weighted by Gasteiger charge is -2.22. The Kier molecular flexibility index (Phi) is 4.66. The largest absolute Gasteiger partial charge is 0.316 e. The molecule has 4 nitrogen and oxygen atoms in total. The van der Waals surface area contributed by atoms with Crippen molar-refractivity contribution in [2.75, 3.05) is 18.1 Å². The molecule has 1 aliphatic rings. The van der Waals surface area contributed by atoms with Crippen LogP contribution in [-0.4, -0.2) is 38.9 Å². The summed E-state index contributed by atoms with van der Waals surface area (Å²) in [6.07, 6.45) is 5.47. The lowest BCUT2D eigenvalue weighted by molar-refractivity contribution is 0.481. The van der Waals surface area contributed by atoms with E-state index in [0.717, 1.165) is 25.3 Å². The molecule has 16 heavy (non-hydrogen) atoms. The molecule has 1 aliphatic heterocycles. The first-order valence-corrected chi connectivity index (χ1v) is 7.23. The van der Waals surface area contributed by atoms with Gasteiger partial charge >= 0.3 is 0 Å². The predicted octanol–water partition coefficient (Wildman–Crippen LogP) is 1.33. The second-order valence-corrected chi connectivity index (χ2v) is 5.31. The second kappa shape index (κ2) is 6.25. The Morgan fingerprint density at radius 3 is 3.31 bits per heavy atom. The van der Waals surface area contributed by atoms with Crippen LogP contribution in [0.1, 0.15) is 25.6 Å². The van der Waals surface area contributed by atoms with Crippen LogP contribution >= 0.6 is 11.8 Å². The Balaban J connectivity index is 1.71. The molecule has 90 valence electrons. The van der Waals surface area contributed by atoms with Crippen LogP contribution in [0.25, 0.3) is 0 Å². The Morgan fingerprint density at radius 1 is 1.62 bits per heavy atom. The average molecular weight is 240 g/mol. The van der Waals surface area contributed by atoms with E-state index in [2.05, 4.69) is 38.8 Å². The van der Waals surface area contributed by atoms with Crippen molar-refractivity contribution in [3.63, 3.8) is 0 Å². The lowest BCUT2D eigenvalue weighted by Crippen LogP contribution is -2.35. The zero-order valence-corrected chi connectivity index (χ0v) is 10.7. The summed E-state index contributed by atoms with van der Waals surface area (Å²) in [7, 11) is 0. The summed E-state index contributed by atoms with van der Waals surface area (Å²) in [6.45, 7) is 4.12. The number of aromatic nitrogens is 3. The van der Waals surface area contributed by atoms with Crippen molar-refractivity contribution in [3.05, 3.63) is 12.2 Å². The minimum absolute atomic E-state index is 0.709. The number of nitrogens with one attached hydrogen (secondary N) is 1. The highest BCUT2D eigenvalue weighted by molar-refractivity contribution is 7.99. The van der Waals surface area contributed by atoms with Gasteiger partial charge in [-0.3, -0.25) is 0 Å². The Hall–Kier alpha value is -0.550. The van der Waals surface area contributed by atoms with Crippen LogP contribution in [0.15, 0.2) is 6.33 Å². The lowest BCUT2D eigenvalue weighted by atomic mass is 10.2. The van der Waals surface area contributed by atoms with E-state index in [1.54, 1.807) is 0 Å². The molecule has 5 heteroatoms. The van der Waals surface area contributed by atoms with Gasteiger partial charge in [0.1, 0.15) is 12.2 Å². The number of hydrogen-bond acceptors (Lipinski definition) is 4. The van der Waals surface area contributed by atoms with Gasteiger partial charge in [-0.2, -0.15) is 11.8 Å². The highest BCUT2D eigenvalue weighted by Crippen LogP contribution is 2.16. The fraction of sp³-hybridized carbons (Fsp3) is 0.818. The van der Waals surface area contributed by atoms with E-state index in [-0.39, 0.29) is 0 Å². The maximum Gasteiger partial charge on any atom is 0.132 e. The first kappa shape index (κ1) is 11.9. The third-order valence-corrected chi connectivity index (χ3v) is 4.17. The second-order valence-electron chi connectivity index (χ2n) is 4.16. The van der Waals surface area contributed by atoms with Crippen LogP contribution in [-0.2, 0) is 13.0 Å². The first-order valence-electron chi connectivity index (χ1n) is 6.08. The molecule has 1 unspecified atom stereocenters. The monoisotopic (exact) mass is 240 g/mol. The van der Waals surface area contributed by atoms with Gasteiger partial charge < -0.3 is 9.88 Å². The molecule has 1 aromatic heterocycles. The van der Waals surface area contributed by atoms with E-state index in [9.17, 15) is 0 Å². The molecule has 1 aromatic rings. The van der Waals surface area contributed by atoms with E-state index in [0.29, 0.717) is 6.04 Å². The van der Waals surface area contributed by atoms with Crippen LogP contribution in [0.4, 0.5) is 0 Å². The van der Waals surface area contributed by atoms with Gasteiger partial charge in [0.15, 0.2) is 0 Å². The molecule has 1 saturated heterocycles. The fourth-order valence-corrected chi connectivity index (χ4v) is 3.14. The van der Waals surface area contributed by atoms with E-state index >= 15 is 0 Å². The molecular formula is C11H20N4S. The number of rotatable bonds is 5. The van der Waals surface area contributed by atoms with E-state index in [1.165, 1.54) is 24.3 Å². The standard InChI is InChI=1S/C11H20N4S/c1-2-11-14-13-9-15(11)6-5-12-10-4-3-7-16-8-10/h9-10,12H,2-8H2,1H3. The Labute approximate surface area is 101 Å². The SMILES string of the molecule is CCc1nncn1CCNC1CCCSC1. The number of hydrogen-bond donors (Lipinski definition) is 1. The fourth-order valence-electron chi connectivity index (χ4n) is 2.03. The topological polar surface area (TPSA) is 42.7 Å². The van der Waals surface area contributed by atoms with Gasteiger partial charge in [-0.15, -0.1) is 10.2 Å². The van der Waals surface area contributed by atoms with Crippen LogP contribution < -0.4 is 5.32 Å². The summed E-state index contributed by atoms with van der Waals surface area (Å²) in [6, 6.07) is 0.709. The molecule has 1 fully saturated rings. The maximum atomic E-state index is 4.08. The van der Waals surface area contributed by atoms with Crippen molar-refractivity contribution in [1.29, 1.82) is 0 Å². The van der Waals surface area contributed by atoms with Gasteiger partial charge in [0.2, 0.25) is 0 Å². The van der Waals surface area contributed by atoms with E-state index in [1.807, 2.05) is 6.33 Å². The molecule has 0 aliphatic carbocycles. The minimum Gasteiger partial charge on any atom is -0.316 e. The minimum atomic E-state index is 0.709. The predicted molar refractivity (Wildman–Crippen MR) is 67.7 cm³/mol. The van der Waals surface area contributed by atoms with Gasteiger partial charge in [0.25, 0.3) is 0 Å². The number of nitrogens with zero attached hydrogens (tertiary/aromatic N) is 3. The summed E-state index contributed by atoms with van der Waals surface area (Å²) in [5.74, 6) is 3.69. The van der Waals surface area contributed by atoms with Crippen molar-refractivity contribution in [3.8, 4) is 0 Å². The van der Waals surface area contributed by atoms with Crippen LogP contribution in [0.3, 0.4) is 0 Å². The summed E-state index contributed by atoms with van der Waals surface area (Å²) < 4.78 is 2.14. The van der Waals surface area contributed by atoms with E-state index < -0.39 is 0 Å². The van der Waals surface area contributed by atoms with Gasteiger partial charge in [0, 0.05) is 31.3 Å². The van der Waals surface area contributed by atoms with Crippen LogP contribution in [0.2, 0.25) is 0 Å².